The van der Waals surface area contributed by atoms with Gasteiger partial charge in [-0.1, -0.05) is 23.4 Å². The molecule has 0 radical (unpaired) electrons. The van der Waals surface area contributed by atoms with Crippen molar-refractivity contribution in [1.29, 1.82) is 0 Å². The molecule has 2 aromatic heterocycles. The molecule has 3 aromatic rings. The molecule has 14 heteroatoms. The smallest absolute Gasteiger partial charge is 0.234 e. The predicted molar refractivity (Wildman–Crippen MR) is 145 cm³/mol. The number of imidazole rings is 1. The number of aliphatic imine (C=N–C) groups is 1. The monoisotopic (exact) mass is 572 g/mol. The molecule has 204 valence electrons. The molecule has 0 unspecified atom stereocenters. The van der Waals surface area contributed by atoms with Crippen molar-refractivity contribution >= 4 is 50.3 Å². The van der Waals surface area contributed by atoms with Crippen LogP contribution in [0.1, 0.15) is 32.5 Å². The Labute approximate surface area is 229 Å². The summed E-state index contributed by atoms with van der Waals surface area (Å²) in [6.07, 6.45) is 2.26. The summed E-state index contributed by atoms with van der Waals surface area (Å²) in [5.41, 5.74) is 5.32. The topological polar surface area (TPSA) is 161 Å². The number of hydrogen-bond acceptors (Lipinski definition) is 10. The number of methoxy groups -OCH3 is 1. The van der Waals surface area contributed by atoms with Gasteiger partial charge in [0.05, 0.1) is 31.1 Å². The minimum Gasteiger partial charge on any atom is -0.506 e. The lowest BCUT2D eigenvalue weighted by atomic mass is 9.73. The van der Waals surface area contributed by atoms with Gasteiger partial charge in [-0.25, -0.2) is 28.4 Å². The normalized spacial score (nSPS) is 20.4. The van der Waals surface area contributed by atoms with E-state index in [0.29, 0.717) is 19.4 Å². The molecule has 0 amide bonds. The largest absolute Gasteiger partial charge is 0.506 e. The lowest BCUT2D eigenvalue weighted by Crippen LogP contribution is -2.44. The maximum absolute atomic E-state index is 12.9. The number of halogens is 1. The second kappa shape index (κ2) is 10.0. The first-order valence-electron chi connectivity index (χ1n) is 12.0. The van der Waals surface area contributed by atoms with Crippen molar-refractivity contribution in [3.63, 3.8) is 0 Å². The van der Waals surface area contributed by atoms with Crippen LogP contribution in [0, 0.1) is 5.92 Å². The number of nitrogens with zero attached hydrogens (tertiary/aromatic N) is 5. The summed E-state index contributed by atoms with van der Waals surface area (Å²) in [4.78, 5) is 17.7. The Morgan fingerprint density at radius 1 is 1.28 bits per heavy atom. The fourth-order valence-electron chi connectivity index (χ4n) is 4.67. The third kappa shape index (κ3) is 5.36. The second-order valence-electron chi connectivity index (χ2n) is 9.41. The van der Waals surface area contributed by atoms with Gasteiger partial charge in [-0.15, -0.1) is 0 Å². The van der Waals surface area contributed by atoms with Crippen molar-refractivity contribution in [2.75, 3.05) is 24.2 Å². The Balaban J connectivity index is 1.66. The van der Waals surface area contributed by atoms with E-state index in [1.165, 1.54) is 23.8 Å². The molecule has 3 N–H and O–H groups in total. The number of aromatic nitrogens is 4. The number of para-hydroxylation sites is 1. The molecule has 3 heterocycles. The van der Waals surface area contributed by atoms with Crippen LogP contribution in [0.2, 0.25) is 5.15 Å². The van der Waals surface area contributed by atoms with Gasteiger partial charge in [-0.05, 0) is 50.5 Å². The SMILES string of the molecule is CCOC1=NC(c2nc3nc(Cl)c(NS(=O)(=O)CC4CC(C)(O)C4)nc3n2-c2c(O)cccc2OC)=C=C=C1. The molecular formula is C25H25ClN6O6S. The number of rotatable bonds is 8. The fourth-order valence-corrected chi connectivity index (χ4v) is 6.28. The molecule has 1 aliphatic carbocycles. The Morgan fingerprint density at radius 2 is 2.05 bits per heavy atom. The van der Waals surface area contributed by atoms with Gasteiger partial charge in [0.2, 0.25) is 15.9 Å². The number of phenols is 1. The average molecular weight is 573 g/mol. The van der Waals surface area contributed by atoms with E-state index < -0.39 is 15.6 Å². The van der Waals surface area contributed by atoms with Gasteiger partial charge in [0.1, 0.15) is 17.2 Å². The summed E-state index contributed by atoms with van der Waals surface area (Å²) in [6, 6.07) is 4.68. The summed E-state index contributed by atoms with van der Waals surface area (Å²) < 4.78 is 40.6. The molecular weight excluding hydrogens is 548 g/mol. The van der Waals surface area contributed by atoms with Crippen LogP contribution in [0.4, 0.5) is 5.82 Å². The van der Waals surface area contributed by atoms with Crippen LogP contribution in [0.25, 0.3) is 22.7 Å². The summed E-state index contributed by atoms with van der Waals surface area (Å²) in [5.74, 6) is -0.107. The number of ether oxygens (including phenoxy) is 2. The van der Waals surface area contributed by atoms with Crippen molar-refractivity contribution in [3.8, 4) is 17.2 Å². The zero-order valence-corrected chi connectivity index (χ0v) is 22.8. The van der Waals surface area contributed by atoms with E-state index in [-0.39, 0.29) is 68.5 Å². The number of benzene rings is 1. The first kappa shape index (κ1) is 26.7. The lowest BCUT2D eigenvalue weighted by Gasteiger charge is -2.40. The van der Waals surface area contributed by atoms with Crippen LogP contribution in [0.15, 0.2) is 40.7 Å². The van der Waals surface area contributed by atoms with Crippen LogP contribution in [0.3, 0.4) is 0 Å². The van der Waals surface area contributed by atoms with E-state index in [1.807, 2.05) is 6.92 Å². The van der Waals surface area contributed by atoms with Gasteiger partial charge < -0.3 is 19.7 Å². The quantitative estimate of drug-likeness (QED) is 0.344. The van der Waals surface area contributed by atoms with Crippen LogP contribution >= 0.6 is 11.6 Å². The van der Waals surface area contributed by atoms with Gasteiger partial charge in [0.25, 0.3) is 0 Å². The minimum absolute atomic E-state index is 0.0512. The Kier molecular flexibility index (Phi) is 6.88. The Morgan fingerprint density at radius 3 is 2.74 bits per heavy atom. The highest BCUT2D eigenvalue weighted by Gasteiger charge is 2.40. The third-order valence-corrected chi connectivity index (χ3v) is 7.83. The number of phenolic OH excluding ortho intramolecular Hbond substituents is 1. The first-order chi connectivity index (χ1) is 18.5. The summed E-state index contributed by atoms with van der Waals surface area (Å²) >= 11 is 6.34. The van der Waals surface area contributed by atoms with E-state index >= 15 is 0 Å². The van der Waals surface area contributed by atoms with Gasteiger partial charge in [0.15, 0.2) is 33.8 Å². The number of anilines is 1. The maximum atomic E-state index is 12.9. The molecule has 0 spiro atoms. The predicted octanol–water partition coefficient (Wildman–Crippen LogP) is 3.19. The van der Waals surface area contributed by atoms with Gasteiger partial charge in [0, 0.05) is 0 Å². The molecule has 0 atom stereocenters. The van der Waals surface area contributed by atoms with Crippen LogP contribution in [-0.2, 0) is 14.8 Å². The van der Waals surface area contributed by atoms with Crippen molar-refractivity contribution in [2.45, 2.75) is 32.3 Å². The highest BCUT2D eigenvalue weighted by molar-refractivity contribution is 7.92. The number of hydrogen-bond donors (Lipinski definition) is 3. The molecule has 0 saturated heterocycles. The molecule has 1 fully saturated rings. The van der Waals surface area contributed by atoms with E-state index in [0.717, 1.165) is 0 Å². The molecule has 5 rings (SSSR count). The van der Waals surface area contributed by atoms with E-state index in [2.05, 4.69) is 36.1 Å². The minimum atomic E-state index is -3.88. The highest BCUT2D eigenvalue weighted by atomic mass is 35.5. The van der Waals surface area contributed by atoms with Crippen LogP contribution in [-0.4, -0.2) is 69.1 Å². The zero-order valence-electron chi connectivity index (χ0n) is 21.3. The molecule has 39 heavy (non-hydrogen) atoms. The van der Waals surface area contributed by atoms with Gasteiger partial charge in [-0.2, -0.15) is 0 Å². The molecule has 1 aromatic carbocycles. The second-order valence-corrected chi connectivity index (χ2v) is 11.5. The number of sulfonamides is 1. The fraction of sp³-hybridized carbons (Fsp3) is 0.360. The van der Waals surface area contributed by atoms with Gasteiger partial charge >= 0.3 is 0 Å². The third-order valence-electron chi connectivity index (χ3n) is 6.15. The van der Waals surface area contributed by atoms with E-state index in [9.17, 15) is 18.6 Å². The molecule has 2 aliphatic rings. The summed E-state index contributed by atoms with van der Waals surface area (Å²) in [5, 5.41) is 20.6. The standard InChI is InChI=1S/C25H25ClN6O6S/c1-4-38-18-10-5-7-15(27-18)23-30-22-24(32(23)19-16(33)8-6-9-17(19)37-3)29-21(20(26)28-22)31-39(35,36)13-14-11-25(2,34)12-14/h6,8-10,14,33-34H,4,11-13H2,1-3H3,(H,29,31). The Bertz CT molecular complexity index is 1710. The highest BCUT2D eigenvalue weighted by Crippen LogP contribution is 2.39. The number of nitrogens with one attached hydrogen (secondary N) is 1. The van der Waals surface area contributed by atoms with Crippen LogP contribution < -0.4 is 9.46 Å². The average Bonchev–Trinajstić information content (AvgIpc) is 3.20. The molecule has 0 bridgehead atoms. The molecule has 1 saturated carbocycles. The van der Waals surface area contributed by atoms with Crippen molar-refractivity contribution < 1.29 is 28.1 Å². The zero-order chi connectivity index (χ0) is 27.9. The molecule has 1 aliphatic heterocycles. The summed E-state index contributed by atoms with van der Waals surface area (Å²) in [7, 11) is -2.45. The maximum Gasteiger partial charge on any atom is 0.234 e. The first-order valence-corrected chi connectivity index (χ1v) is 14.0. The number of aliphatic hydroxyl groups is 1. The van der Waals surface area contributed by atoms with E-state index in [4.69, 9.17) is 21.1 Å². The van der Waals surface area contributed by atoms with Crippen LogP contribution in [0.5, 0.6) is 11.5 Å². The van der Waals surface area contributed by atoms with Crippen molar-refractivity contribution in [3.05, 3.63) is 46.7 Å². The van der Waals surface area contributed by atoms with Crippen molar-refractivity contribution in [2.24, 2.45) is 10.9 Å². The van der Waals surface area contributed by atoms with E-state index in [1.54, 1.807) is 19.1 Å². The summed E-state index contributed by atoms with van der Waals surface area (Å²) in [6.45, 7) is 3.85. The number of fused-ring (bicyclic) bond motifs is 1. The molecule has 12 nitrogen and oxygen atoms in total. The van der Waals surface area contributed by atoms with Gasteiger partial charge in [-0.3, -0.25) is 9.29 Å². The van der Waals surface area contributed by atoms with Crippen molar-refractivity contribution in [1.82, 2.24) is 19.5 Å². The number of aromatic hydroxyl groups is 1. The lowest BCUT2D eigenvalue weighted by molar-refractivity contribution is -0.0494. The Hall–Kier alpha value is -3.86.